The molecule has 6 heteroatoms. The molecule has 1 aromatic carbocycles. The molecule has 0 saturated carbocycles. The van der Waals surface area contributed by atoms with Gasteiger partial charge in [-0.15, -0.1) is 0 Å². The minimum atomic E-state index is -0.310. The van der Waals surface area contributed by atoms with Crippen LogP contribution >= 0.6 is 0 Å². The van der Waals surface area contributed by atoms with E-state index in [-0.39, 0.29) is 17.6 Å². The maximum Gasteiger partial charge on any atom is 0.226 e. The van der Waals surface area contributed by atoms with Gasteiger partial charge in [-0.2, -0.15) is 0 Å². The first-order valence-corrected chi connectivity index (χ1v) is 7.58. The van der Waals surface area contributed by atoms with Gasteiger partial charge < -0.3 is 19.9 Å². The van der Waals surface area contributed by atoms with E-state index in [1.165, 1.54) is 19.2 Å². The molecule has 2 rings (SSSR count). The zero-order chi connectivity index (χ0) is 16.1. The molecule has 1 unspecified atom stereocenters. The van der Waals surface area contributed by atoms with Crippen LogP contribution in [-0.2, 0) is 4.79 Å². The van der Waals surface area contributed by atoms with E-state index in [1.54, 1.807) is 6.07 Å². The van der Waals surface area contributed by atoms with Crippen molar-refractivity contribution in [2.24, 2.45) is 5.92 Å². The van der Waals surface area contributed by atoms with Crippen molar-refractivity contribution in [2.75, 3.05) is 51.8 Å². The predicted molar refractivity (Wildman–Crippen MR) is 84.8 cm³/mol. The van der Waals surface area contributed by atoms with Crippen molar-refractivity contribution in [1.82, 2.24) is 10.2 Å². The zero-order valence-electron chi connectivity index (χ0n) is 13.4. The zero-order valence-corrected chi connectivity index (χ0v) is 13.4. The van der Waals surface area contributed by atoms with E-state index < -0.39 is 0 Å². The number of nitrogens with one attached hydrogen (secondary N) is 1. The highest BCUT2D eigenvalue weighted by atomic mass is 19.1. The molecule has 0 aliphatic carbocycles. The van der Waals surface area contributed by atoms with Gasteiger partial charge in [-0.05, 0) is 19.2 Å². The smallest absolute Gasteiger partial charge is 0.226 e. The summed E-state index contributed by atoms with van der Waals surface area (Å²) in [5.74, 6) is 0.385. The summed E-state index contributed by atoms with van der Waals surface area (Å²) >= 11 is 0. The van der Waals surface area contributed by atoms with Crippen LogP contribution in [0.4, 0.5) is 10.1 Å². The lowest BCUT2D eigenvalue weighted by Gasteiger charge is -2.37. The lowest BCUT2D eigenvalue weighted by atomic mass is 10.1. The van der Waals surface area contributed by atoms with E-state index in [0.29, 0.717) is 25.4 Å². The lowest BCUT2D eigenvalue weighted by Crippen LogP contribution is -2.51. The van der Waals surface area contributed by atoms with Crippen molar-refractivity contribution in [3.8, 4) is 5.75 Å². The molecule has 1 fully saturated rings. The fourth-order valence-electron chi connectivity index (χ4n) is 2.79. The second-order valence-electron chi connectivity index (χ2n) is 5.59. The average Bonchev–Trinajstić information content (AvgIpc) is 2.54. The number of ether oxygens (including phenoxy) is 1. The molecule has 1 N–H and O–H groups in total. The number of benzene rings is 1. The highest BCUT2D eigenvalue weighted by Gasteiger charge is 2.25. The van der Waals surface area contributed by atoms with E-state index in [1.807, 2.05) is 18.9 Å². The molecular weight excluding hydrogens is 285 g/mol. The quantitative estimate of drug-likeness (QED) is 0.891. The number of rotatable bonds is 5. The monoisotopic (exact) mass is 309 g/mol. The number of methoxy groups -OCH3 is 1. The molecule has 0 spiro atoms. The Morgan fingerprint density at radius 2 is 2.05 bits per heavy atom. The standard InChI is InChI=1S/C16H24FN3O2/c1-12(11-18-2)16(21)20-8-6-19(7-9-20)14-5-4-13(17)10-15(14)22-3/h4-5,10,12,18H,6-9,11H2,1-3H3. The summed E-state index contributed by atoms with van der Waals surface area (Å²) in [7, 11) is 3.39. The molecule has 1 atom stereocenters. The Morgan fingerprint density at radius 3 is 2.64 bits per heavy atom. The molecule has 122 valence electrons. The number of hydrogen-bond donors (Lipinski definition) is 1. The highest BCUT2D eigenvalue weighted by molar-refractivity contribution is 5.79. The van der Waals surface area contributed by atoms with Crippen LogP contribution in [0.2, 0.25) is 0 Å². The second-order valence-corrected chi connectivity index (χ2v) is 5.59. The topological polar surface area (TPSA) is 44.8 Å². The number of amides is 1. The van der Waals surface area contributed by atoms with Crippen molar-refractivity contribution in [3.63, 3.8) is 0 Å². The summed E-state index contributed by atoms with van der Waals surface area (Å²) in [5.41, 5.74) is 0.874. The van der Waals surface area contributed by atoms with E-state index >= 15 is 0 Å². The van der Waals surface area contributed by atoms with Crippen molar-refractivity contribution in [1.29, 1.82) is 0 Å². The first-order chi connectivity index (χ1) is 10.6. The van der Waals surface area contributed by atoms with Gasteiger partial charge in [0.05, 0.1) is 12.8 Å². The summed E-state index contributed by atoms with van der Waals surface area (Å²) in [4.78, 5) is 16.3. The molecule has 0 bridgehead atoms. The van der Waals surface area contributed by atoms with Crippen molar-refractivity contribution >= 4 is 11.6 Å². The van der Waals surface area contributed by atoms with Crippen LogP contribution in [0.5, 0.6) is 5.75 Å². The van der Waals surface area contributed by atoms with Crippen molar-refractivity contribution < 1.29 is 13.9 Å². The summed E-state index contributed by atoms with van der Waals surface area (Å²) in [5, 5.41) is 3.03. The molecule has 5 nitrogen and oxygen atoms in total. The maximum absolute atomic E-state index is 13.3. The normalized spacial score (nSPS) is 16.5. The van der Waals surface area contributed by atoms with Gasteiger partial charge >= 0.3 is 0 Å². The Bertz CT molecular complexity index is 516. The van der Waals surface area contributed by atoms with Crippen LogP contribution in [-0.4, -0.2) is 57.7 Å². The molecule has 1 aliphatic heterocycles. The SMILES string of the molecule is CNCC(C)C(=O)N1CCN(c2ccc(F)cc2OC)CC1. The van der Waals surface area contributed by atoms with Gasteiger partial charge in [-0.25, -0.2) is 4.39 Å². The maximum atomic E-state index is 13.3. The van der Waals surface area contributed by atoms with Crippen molar-refractivity contribution in [3.05, 3.63) is 24.0 Å². The Kier molecular flexibility index (Phi) is 5.60. The van der Waals surface area contributed by atoms with Crippen LogP contribution in [0.15, 0.2) is 18.2 Å². The number of halogens is 1. The third-order valence-electron chi connectivity index (χ3n) is 4.01. The fourth-order valence-corrected chi connectivity index (χ4v) is 2.79. The predicted octanol–water partition coefficient (Wildman–Crippen LogP) is 1.34. The molecule has 1 amide bonds. The molecule has 1 saturated heterocycles. The molecule has 0 radical (unpaired) electrons. The molecular formula is C16H24FN3O2. The van der Waals surface area contributed by atoms with E-state index in [0.717, 1.165) is 18.8 Å². The van der Waals surface area contributed by atoms with Crippen LogP contribution < -0.4 is 15.0 Å². The van der Waals surface area contributed by atoms with Crippen molar-refractivity contribution in [2.45, 2.75) is 6.92 Å². The van der Waals surface area contributed by atoms with Gasteiger partial charge in [0.1, 0.15) is 11.6 Å². The second kappa shape index (κ2) is 7.45. The Morgan fingerprint density at radius 1 is 1.36 bits per heavy atom. The molecule has 1 aliphatic rings. The van der Waals surface area contributed by atoms with E-state index in [4.69, 9.17) is 4.74 Å². The minimum Gasteiger partial charge on any atom is -0.494 e. The molecule has 1 heterocycles. The minimum absolute atomic E-state index is 0.0168. The summed E-state index contributed by atoms with van der Waals surface area (Å²) < 4.78 is 18.5. The Balaban J connectivity index is 1.99. The average molecular weight is 309 g/mol. The first-order valence-electron chi connectivity index (χ1n) is 7.58. The van der Waals surface area contributed by atoms with Gasteiger partial charge in [0, 0.05) is 44.7 Å². The third-order valence-corrected chi connectivity index (χ3v) is 4.01. The number of hydrogen-bond acceptors (Lipinski definition) is 4. The molecule has 22 heavy (non-hydrogen) atoms. The first kappa shape index (κ1) is 16.5. The van der Waals surface area contributed by atoms with E-state index in [9.17, 15) is 9.18 Å². The largest absolute Gasteiger partial charge is 0.494 e. The van der Waals surface area contributed by atoms with Crippen LogP contribution in [0.1, 0.15) is 6.92 Å². The summed E-state index contributed by atoms with van der Waals surface area (Å²) in [6.07, 6.45) is 0. The molecule has 1 aromatic rings. The van der Waals surface area contributed by atoms with E-state index in [2.05, 4.69) is 10.2 Å². The summed E-state index contributed by atoms with van der Waals surface area (Å²) in [6.45, 7) is 5.42. The van der Waals surface area contributed by atoms with Crippen LogP contribution in [0, 0.1) is 11.7 Å². The van der Waals surface area contributed by atoms with Crippen LogP contribution in [0.3, 0.4) is 0 Å². The lowest BCUT2D eigenvalue weighted by molar-refractivity contribution is -0.135. The number of carbonyl (C=O) groups is 1. The number of piperazine rings is 1. The van der Waals surface area contributed by atoms with Gasteiger partial charge in [0.15, 0.2) is 0 Å². The highest BCUT2D eigenvalue weighted by Crippen LogP contribution is 2.29. The molecule has 0 aromatic heterocycles. The van der Waals surface area contributed by atoms with Crippen LogP contribution in [0.25, 0.3) is 0 Å². The Hall–Kier alpha value is -1.82. The number of carbonyl (C=O) groups excluding carboxylic acids is 1. The van der Waals surface area contributed by atoms with Gasteiger partial charge in [0.25, 0.3) is 0 Å². The van der Waals surface area contributed by atoms with Gasteiger partial charge in [-0.1, -0.05) is 6.92 Å². The third kappa shape index (κ3) is 3.68. The van der Waals surface area contributed by atoms with Gasteiger partial charge in [-0.3, -0.25) is 4.79 Å². The number of nitrogens with zero attached hydrogens (tertiary/aromatic N) is 2. The Labute approximate surface area is 131 Å². The number of anilines is 1. The fraction of sp³-hybridized carbons (Fsp3) is 0.562. The summed E-state index contributed by atoms with van der Waals surface area (Å²) in [6, 6.07) is 4.56. The van der Waals surface area contributed by atoms with Gasteiger partial charge in [0.2, 0.25) is 5.91 Å².